The third-order valence-corrected chi connectivity index (χ3v) is 5.12. The van der Waals surface area contributed by atoms with Crippen LogP contribution in [0.3, 0.4) is 0 Å². The van der Waals surface area contributed by atoms with Gasteiger partial charge in [0, 0.05) is 17.5 Å². The molecule has 0 fully saturated rings. The first kappa shape index (κ1) is 17.0. The summed E-state index contributed by atoms with van der Waals surface area (Å²) in [5.41, 5.74) is 3.45. The third kappa shape index (κ3) is 2.99. The predicted octanol–water partition coefficient (Wildman–Crippen LogP) is 1.94. The van der Waals surface area contributed by atoms with Crippen molar-refractivity contribution in [2.75, 3.05) is 0 Å². The molecule has 0 bridgehead atoms. The quantitative estimate of drug-likeness (QED) is 0.744. The lowest BCUT2D eigenvalue weighted by atomic mass is 9.87. The Kier molecular flexibility index (Phi) is 4.24. The summed E-state index contributed by atoms with van der Waals surface area (Å²) in [6.45, 7) is 1.69. The fourth-order valence-corrected chi connectivity index (χ4v) is 3.75. The minimum Gasteiger partial charge on any atom is -0.349 e. The van der Waals surface area contributed by atoms with Crippen LogP contribution < -0.4 is 10.9 Å². The minimum atomic E-state index is -0.349. The maximum absolute atomic E-state index is 12.7. The summed E-state index contributed by atoms with van der Waals surface area (Å²) in [5, 5.41) is 14.9. The molecule has 2 aromatic heterocycles. The number of hydrogen-bond donors (Lipinski definition) is 2. The molecule has 0 radical (unpaired) electrons. The Morgan fingerprint density at radius 2 is 2.26 bits per heavy atom. The van der Waals surface area contributed by atoms with Gasteiger partial charge in [0.25, 0.3) is 5.56 Å². The van der Waals surface area contributed by atoms with E-state index in [-0.39, 0.29) is 29.6 Å². The van der Waals surface area contributed by atoms with Crippen molar-refractivity contribution in [3.05, 3.63) is 68.8 Å². The van der Waals surface area contributed by atoms with Crippen molar-refractivity contribution in [3.8, 4) is 6.07 Å². The molecule has 1 aliphatic carbocycles. The van der Waals surface area contributed by atoms with Gasteiger partial charge in [0.05, 0.1) is 12.5 Å². The topological polar surface area (TPSA) is 103 Å². The first-order valence-corrected chi connectivity index (χ1v) is 8.95. The summed E-state index contributed by atoms with van der Waals surface area (Å²) in [6, 6.07) is 10.1. The lowest BCUT2D eigenvalue weighted by molar-refractivity contribution is -0.121. The maximum Gasteiger partial charge on any atom is 0.276 e. The fraction of sp³-hybridized carbons (Fsp3) is 0.300. The summed E-state index contributed by atoms with van der Waals surface area (Å²) < 4.78 is 1.21. The smallest absolute Gasteiger partial charge is 0.276 e. The van der Waals surface area contributed by atoms with Crippen molar-refractivity contribution >= 4 is 11.6 Å². The van der Waals surface area contributed by atoms with Crippen LogP contribution in [-0.2, 0) is 17.6 Å². The highest BCUT2D eigenvalue weighted by Crippen LogP contribution is 2.29. The summed E-state index contributed by atoms with van der Waals surface area (Å²) in [5.74, 6) is -0.203. The van der Waals surface area contributed by atoms with Gasteiger partial charge in [-0.1, -0.05) is 24.3 Å². The largest absolute Gasteiger partial charge is 0.349 e. The van der Waals surface area contributed by atoms with Gasteiger partial charge >= 0.3 is 0 Å². The van der Waals surface area contributed by atoms with Gasteiger partial charge in [-0.25, -0.2) is 9.50 Å². The molecular formula is C20H19N5O2. The Bertz CT molecular complexity index is 1140. The normalized spacial score (nSPS) is 15.9. The van der Waals surface area contributed by atoms with Gasteiger partial charge in [-0.15, -0.1) is 0 Å². The van der Waals surface area contributed by atoms with Crippen molar-refractivity contribution in [2.24, 2.45) is 0 Å². The van der Waals surface area contributed by atoms with E-state index in [1.54, 1.807) is 6.92 Å². The third-order valence-electron chi connectivity index (χ3n) is 5.12. The van der Waals surface area contributed by atoms with E-state index < -0.39 is 0 Å². The first-order valence-electron chi connectivity index (χ1n) is 8.95. The van der Waals surface area contributed by atoms with E-state index in [1.165, 1.54) is 16.3 Å². The molecule has 2 N–H and O–H groups in total. The monoisotopic (exact) mass is 361 g/mol. The van der Waals surface area contributed by atoms with Crippen LogP contribution in [0.1, 0.15) is 46.8 Å². The lowest BCUT2D eigenvalue weighted by Crippen LogP contribution is -2.34. The molecule has 4 rings (SSSR count). The van der Waals surface area contributed by atoms with Crippen LogP contribution in [-0.4, -0.2) is 20.5 Å². The van der Waals surface area contributed by atoms with Gasteiger partial charge < -0.3 is 5.32 Å². The Morgan fingerprint density at radius 1 is 1.44 bits per heavy atom. The number of benzene rings is 1. The molecule has 27 heavy (non-hydrogen) atoms. The number of nitrogens with one attached hydrogen (secondary N) is 2. The molecule has 1 aromatic carbocycles. The Labute approximate surface area is 155 Å². The van der Waals surface area contributed by atoms with Gasteiger partial charge in [-0.2, -0.15) is 5.26 Å². The zero-order valence-corrected chi connectivity index (χ0v) is 15.0. The number of aromatic amines is 1. The molecule has 2 heterocycles. The molecule has 7 heteroatoms. The molecule has 7 nitrogen and oxygen atoms in total. The molecule has 0 aliphatic heterocycles. The number of H-pyrrole nitrogens is 1. The second-order valence-electron chi connectivity index (χ2n) is 6.83. The molecule has 0 saturated heterocycles. The molecule has 1 atom stereocenters. The molecule has 0 spiro atoms. The summed E-state index contributed by atoms with van der Waals surface area (Å²) in [4.78, 5) is 29.7. The number of aryl methyl sites for hydroxylation is 2. The molecular weight excluding hydrogens is 342 g/mol. The summed E-state index contributed by atoms with van der Waals surface area (Å²) in [7, 11) is 0. The SMILES string of the molecule is Cc1nc2c(C#N)c[nH]n2c(=O)c1CC(=O)N[C@@H]1CCCc2ccccc21. The number of carbonyl (C=O) groups is 1. The Balaban J connectivity index is 1.59. The second-order valence-corrected chi connectivity index (χ2v) is 6.83. The lowest BCUT2D eigenvalue weighted by Gasteiger charge is -2.26. The molecule has 136 valence electrons. The van der Waals surface area contributed by atoms with Crippen molar-refractivity contribution in [2.45, 2.75) is 38.6 Å². The molecule has 0 unspecified atom stereocenters. The van der Waals surface area contributed by atoms with E-state index in [4.69, 9.17) is 5.26 Å². The van der Waals surface area contributed by atoms with Crippen LogP contribution in [0.2, 0.25) is 0 Å². The average molecular weight is 361 g/mol. The summed E-state index contributed by atoms with van der Waals surface area (Å²) in [6.07, 6.45) is 4.33. The Morgan fingerprint density at radius 3 is 3.07 bits per heavy atom. The Hall–Kier alpha value is -3.40. The van der Waals surface area contributed by atoms with Crippen LogP contribution in [0.4, 0.5) is 0 Å². The molecule has 3 aromatic rings. The summed E-state index contributed by atoms with van der Waals surface area (Å²) >= 11 is 0. The number of carbonyl (C=O) groups excluding carboxylic acids is 1. The van der Waals surface area contributed by atoms with E-state index in [0.29, 0.717) is 16.8 Å². The highest BCUT2D eigenvalue weighted by molar-refractivity contribution is 5.79. The standard InChI is InChI=1S/C20H19N5O2/c1-12-16(20(27)25-19(23-12)14(10-21)11-22-25)9-18(26)24-17-8-4-6-13-5-2-3-7-15(13)17/h2-3,5,7,11,17,22H,4,6,8-9H2,1H3,(H,24,26)/t17-/m1/s1. The van der Waals surface area contributed by atoms with Crippen molar-refractivity contribution in [3.63, 3.8) is 0 Å². The number of nitriles is 1. The number of fused-ring (bicyclic) bond motifs is 2. The predicted molar refractivity (Wildman–Crippen MR) is 99.2 cm³/mol. The first-order chi connectivity index (χ1) is 13.1. The van der Waals surface area contributed by atoms with Gasteiger partial charge in [0.2, 0.25) is 5.91 Å². The van der Waals surface area contributed by atoms with E-state index in [9.17, 15) is 9.59 Å². The van der Waals surface area contributed by atoms with Gasteiger partial charge in [0.1, 0.15) is 11.6 Å². The van der Waals surface area contributed by atoms with E-state index in [2.05, 4.69) is 27.5 Å². The molecule has 0 saturated carbocycles. The van der Waals surface area contributed by atoms with Crippen molar-refractivity contribution in [1.29, 1.82) is 5.26 Å². The number of amides is 1. The average Bonchev–Trinajstić information content (AvgIpc) is 3.08. The van der Waals surface area contributed by atoms with Crippen LogP contribution in [0.5, 0.6) is 0 Å². The minimum absolute atomic E-state index is 0.0297. The number of hydrogen-bond acceptors (Lipinski definition) is 4. The zero-order chi connectivity index (χ0) is 19.0. The highest BCUT2D eigenvalue weighted by Gasteiger charge is 2.23. The van der Waals surface area contributed by atoms with Crippen molar-refractivity contribution in [1.82, 2.24) is 19.9 Å². The van der Waals surface area contributed by atoms with Crippen LogP contribution in [0, 0.1) is 18.3 Å². The van der Waals surface area contributed by atoms with Crippen molar-refractivity contribution < 1.29 is 4.79 Å². The maximum atomic E-state index is 12.7. The highest BCUT2D eigenvalue weighted by atomic mass is 16.2. The number of aromatic nitrogens is 3. The van der Waals surface area contributed by atoms with E-state index >= 15 is 0 Å². The second kappa shape index (κ2) is 6.72. The van der Waals surface area contributed by atoms with Gasteiger partial charge in [0.15, 0.2) is 5.65 Å². The van der Waals surface area contributed by atoms with Crippen LogP contribution >= 0.6 is 0 Å². The zero-order valence-electron chi connectivity index (χ0n) is 15.0. The van der Waals surface area contributed by atoms with Gasteiger partial charge in [-0.3, -0.25) is 14.7 Å². The molecule has 1 aliphatic rings. The van der Waals surface area contributed by atoms with Crippen LogP contribution in [0.15, 0.2) is 35.3 Å². The molecule has 1 amide bonds. The number of nitrogens with zero attached hydrogens (tertiary/aromatic N) is 3. The fourth-order valence-electron chi connectivity index (χ4n) is 3.75. The van der Waals surface area contributed by atoms with Crippen LogP contribution in [0.25, 0.3) is 5.65 Å². The van der Waals surface area contributed by atoms with E-state index in [0.717, 1.165) is 24.8 Å². The van der Waals surface area contributed by atoms with Gasteiger partial charge in [-0.05, 0) is 37.3 Å². The van der Waals surface area contributed by atoms with E-state index in [1.807, 2.05) is 18.2 Å². The number of rotatable bonds is 3.